The van der Waals surface area contributed by atoms with E-state index < -0.39 is 17.6 Å². The average molecular weight is 352 g/mol. The molecule has 2 N–H and O–H groups in total. The summed E-state index contributed by atoms with van der Waals surface area (Å²) in [7, 11) is 1.57. The Morgan fingerprint density at radius 1 is 1.33 bits per heavy atom. The molecule has 1 aromatic rings. The molecule has 0 bridgehead atoms. The van der Waals surface area contributed by atoms with Crippen molar-refractivity contribution < 1.29 is 19.5 Å². The molecule has 1 saturated carbocycles. The van der Waals surface area contributed by atoms with Crippen LogP contribution >= 0.6 is 11.3 Å². The van der Waals surface area contributed by atoms with E-state index in [1.54, 1.807) is 7.05 Å². The number of carboxylic acids is 1. The van der Waals surface area contributed by atoms with Crippen molar-refractivity contribution in [3.05, 3.63) is 22.4 Å². The first-order chi connectivity index (χ1) is 11.4. The summed E-state index contributed by atoms with van der Waals surface area (Å²) in [5.74, 6) is -1.41. The van der Waals surface area contributed by atoms with Gasteiger partial charge in [-0.1, -0.05) is 25.3 Å². The van der Waals surface area contributed by atoms with Crippen molar-refractivity contribution in [3.8, 4) is 0 Å². The smallest absolute Gasteiger partial charge is 0.329 e. The Balaban J connectivity index is 2.15. The zero-order valence-electron chi connectivity index (χ0n) is 14.1. The molecule has 1 heterocycles. The van der Waals surface area contributed by atoms with E-state index >= 15 is 0 Å². The normalized spacial score (nSPS) is 17.8. The number of hydrogen-bond donors (Lipinski definition) is 2. The maximum atomic E-state index is 12.8. The molecular formula is C17H24N2O4S. The zero-order chi connectivity index (χ0) is 17.7. The highest BCUT2D eigenvalue weighted by Crippen LogP contribution is 2.34. The van der Waals surface area contributed by atoms with Crippen LogP contribution in [0.1, 0.15) is 56.4 Å². The second-order valence-electron chi connectivity index (χ2n) is 6.32. The van der Waals surface area contributed by atoms with E-state index in [0.29, 0.717) is 12.8 Å². The third-order valence-electron chi connectivity index (χ3n) is 4.74. The predicted molar refractivity (Wildman–Crippen MR) is 91.7 cm³/mol. The Bertz CT molecular complexity index is 594. The van der Waals surface area contributed by atoms with Crippen LogP contribution in [0.5, 0.6) is 0 Å². The maximum Gasteiger partial charge on any atom is 0.329 e. The highest BCUT2D eigenvalue weighted by molar-refractivity contribution is 7.10. The number of nitrogens with one attached hydrogen (secondary N) is 1. The van der Waals surface area contributed by atoms with Crippen molar-refractivity contribution in [1.82, 2.24) is 10.2 Å². The number of likely N-dealkylation sites (N-methyl/N-ethyl adjacent to an activating group) is 1. The van der Waals surface area contributed by atoms with Crippen LogP contribution < -0.4 is 5.32 Å². The van der Waals surface area contributed by atoms with Gasteiger partial charge in [-0.05, 0) is 24.3 Å². The fourth-order valence-electron chi connectivity index (χ4n) is 3.34. The van der Waals surface area contributed by atoms with Gasteiger partial charge in [-0.15, -0.1) is 11.3 Å². The average Bonchev–Trinajstić information content (AvgIpc) is 3.08. The molecule has 1 unspecified atom stereocenters. The second-order valence-corrected chi connectivity index (χ2v) is 7.30. The molecule has 0 spiro atoms. The molecule has 132 valence electrons. The fourth-order valence-corrected chi connectivity index (χ4v) is 4.12. The van der Waals surface area contributed by atoms with E-state index in [2.05, 4.69) is 5.32 Å². The number of hydrogen-bond acceptors (Lipinski definition) is 4. The molecule has 0 radical (unpaired) electrons. The van der Waals surface area contributed by atoms with Crippen molar-refractivity contribution in [2.45, 2.75) is 57.0 Å². The van der Waals surface area contributed by atoms with Crippen LogP contribution in [-0.2, 0) is 14.4 Å². The lowest BCUT2D eigenvalue weighted by Crippen LogP contribution is -2.56. The van der Waals surface area contributed by atoms with E-state index in [-0.39, 0.29) is 18.2 Å². The first kappa shape index (κ1) is 18.4. The summed E-state index contributed by atoms with van der Waals surface area (Å²) in [4.78, 5) is 38.3. The van der Waals surface area contributed by atoms with E-state index in [0.717, 1.165) is 24.1 Å². The second kappa shape index (κ2) is 7.79. The summed E-state index contributed by atoms with van der Waals surface area (Å²) >= 11 is 1.47. The third-order valence-corrected chi connectivity index (χ3v) is 5.72. The van der Waals surface area contributed by atoms with Crippen LogP contribution in [-0.4, -0.2) is 40.4 Å². The summed E-state index contributed by atoms with van der Waals surface area (Å²) in [6.45, 7) is 1.41. The quantitative estimate of drug-likeness (QED) is 0.824. The van der Waals surface area contributed by atoms with Crippen LogP contribution in [0, 0.1) is 0 Å². The zero-order valence-corrected chi connectivity index (χ0v) is 14.9. The van der Waals surface area contributed by atoms with Gasteiger partial charge < -0.3 is 15.3 Å². The molecule has 2 rings (SSSR count). The number of thiophene rings is 1. The molecule has 1 aliphatic carbocycles. The number of aliphatic carboxylic acids is 1. The van der Waals surface area contributed by atoms with Gasteiger partial charge in [0.05, 0.1) is 12.5 Å². The maximum absolute atomic E-state index is 12.8. The largest absolute Gasteiger partial charge is 0.479 e. The van der Waals surface area contributed by atoms with Gasteiger partial charge in [-0.2, -0.15) is 0 Å². The van der Waals surface area contributed by atoms with E-state index in [9.17, 15) is 19.5 Å². The van der Waals surface area contributed by atoms with Gasteiger partial charge in [0.1, 0.15) is 5.54 Å². The molecule has 1 aliphatic rings. The number of carboxylic acid groups (broad SMARTS) is 1. The van der Waals surface area contributed by atoms with E-state index in [4.69, 9.17) is 0 Å². The molecule has 1 aromatic heterocycles. The van der Waals surface area contributed by atoms with Crippen molar-refractivity contribution in [2.24, 2.45) is 0 Å². The first-order valence-electron chi connectivity index (χ1n) is 8.17. The molecule has 2 amide bonds. The van der Waals surface area contributed by atoms with Crippen LogP contribution in [0.4, 0.5) is 0 Å². The number of carbonyl (C=O) groups excluding carboxylic acids is 2. The Morgan fingerprint density at radius 2 is 2.00 bits per heavy atom. The fraction of sp³-hybridized carbons (Fsp3) is 0.588. The number of nitrogens with zero attached hydrogens (tertiary/aromatic N) is 1. The van der Waals surface area contributed by atoms with Gasteiger partial charge in [0.2, 0.25) is 11.8 Å². The van der Waals surface area contributed by atoms with Crippen LogP contribution in [0.25, 0.3) is 0 Å². The lowest BCUT2D eigenvalue weighted by atomic mass is 9.80. The predicted octanol–water partition coefficient (Wildman–Crippen LogP) is 2.56. The Morgan fingerprint density at radius 3 is 2.50 bits per heavy atom. The third kappa shape index (κ3) is 3.95. The van der Waals surface area contributed by atoms with Crippen molar-refractivity contribution in [2.75, 3.05) is 7.05 Å². The summed E-state index contributed by atoms with van der Waals surface area (Å²) in [6, 6.07) is 3.31. The standard InChI is InChI=1S/C17H24N2O4S/c1-12(20)18-13(14-7-6-10-24-14)11-15(21)19(2)17(16(22)23)8-4-3-5-9-17/h6-7,10,13H,3-5,8-9,11H2,1-2H3,(H,18,20)(H,22,23). The highest BCUT2D eigenvalue weighted by Gasteiger charge is 2.45. The minimum Gasteiger partial charge on any atom is -0.479 e. The van der Waals surface area contributed by atoms with Crippen molar-refractivity contribution >= 4 is 29.1 Å². The molecule has 0 aromatic carbocycles. The number of amides is 2. The molecule has 1 fully saturated rings. The van der Waals surface area contributed by atoms with E-state index in [1.165, 1.54) is 23.2 Å². The first-order valence-corrected chi connectivity index (χ1v) is 9.05. The van der Waals surface area contributed by atoms with Gasteiger partial charge in [0, 0.05) is 18.8 Å². The van der Waals surface area contributed by atoms with Crippen LogP contribution in [0.2, 0.25) is 0 Å². The number of carbonyl (C=O) groups is 3. The lowest BCUT2D eigenvalue weighted by molar-refractivity contribution is -0.160. The van der Waals surface area contributed by atoms with Gasteiger partial charge in [-0.3, -0.25) is 9.59 Å². The highest BCUT2D eigenvalue weighted by atomic mass is 32.1. The van der Waals surface area contributed by atoms with E-state index in [1.807, 2.05) is 17.5 Å². The summed E-state index contributed by atoms with van der Waals surface area (Å²) in [5, 5.41) is 14.4. The molecule has 0 aliphatic heterocycles. The molecule has 7 heteroatoms. The Hall–Kier alpha value is -1.89. The summed E-state index contributed by atoms with van der Waals surface area (Å²) in [5.41, 5.74) is -1.12. The minimum atomic E-state index is -1.12. The van der Waals surface area contributed by atoms with Crippen molar-refractivity contribution in [3.63, 3.8) is 0 Å². The SMILES string of the molecule is CC(=O)NC(CC(=O)N(C)C1(C(=O)O)CCCCC1)c1cccs1. The molecular weight excluding hydrogens is 328 g/mol. The Labute approximate surface area is 145 Å². The summed E-state index contributed by atoms with van der Waals surface area (Å²) < 4.78 is 0. The van der Waals surface area contributed by atoms with Gasteiger partial charge in [0.15, 0.2) is 0 Å². The molecule has 1 atom stereocenters. The topological polar surface area (TPSA) is 86.7 Å². The van der Waals surface area contributed by atoms with Crippen LogP contribution in [0.15, 0.2) is 17.5 Å². The molecule has 6 nitrogen and oxygen atoms in total. The van der Waals surface area contributed by atoms with Crippen LogP contribution in [0.3, 0.4) is 0 Å². The Kier molecular flexibility index (Phi) is 5.99. The number of rotatable bonds is 6. The lowest BCUT2D eigenvalue weighted by Gasteiger charge is -2.41. The van der Waals surface area contributed by atoms with Crippen molar-refractivity contribution in [1.29, 1.82) is 0 Å². The van der Waals surface area contributed by atoms with Gasteiger partial charge in [-0.25, -0.2) is 4.79 Å². The monoisotopic (exact) mass is 352 g/mol. The molecule has 24 heavy (non-hydrogen) atoms. The molecule has 0 saturated heterocycles. The summed E-state index contributed by atoms with van der Waals surface area (Å²) in [6.07, 6.45) is 3.64. The minimum absolute atomic E-state index is 0.0611. The van der Waals surface area contributed by atoms with Gasteiger partial charge >= 0.3 is 5.97 Å². The van der Waals surface area contributed by atoms with Gasteiger partial charge in [0.25, 0.3) is 0 Å².